The van der Waals surface area contributed by atoms with E-state index in [4.69, 9.17) is 0 Å². The van der Waals surface area contributed by atoms with Crippen LogP contribution in [0.2, 0.25) is 0 Å². The first kappa shape index (κ1) is 13.7. The fraction of sp³-hybridized carbons (Fsp3) is 0.538. The Morgan fingerprint density at radius 2 is 2.29 bits per heavy atom. The van der Waals surface area contributed by atoms with Gasteiger partial charge in [0.05, 0.1) is 23.4 Å². The molecule has 0 saturated carbocycles. The van der Waals surface area contributed by atoms with E-state index in [1.807, 2.05) is 9.80 Å². The molecule has 1 aromatic rings. The van der Waals surface area contributed by atoms with Crippen molar-refractivity contribution in [1.29, 1.82) is 0 Å². The van der Waals surface area contributed by atoms with Gasteiger partial charge >= 0.3 is 0 Å². The average Bonchev–Trinajstić information content (AvgIpc) is 3.06. The van der Waals surface area contributed by atoms with Crippen molar-refractivity contribution in [2.45, 2.75) is 18.9 Å². The highest BCUT2D eigenvalue weighted by Crippen LogP contribution is 2.23. The van der Waals surface area contributed by atoms with Crippen molar-refractivity contribution >= 4 is 17.4 Å². The highest BCUT2D eigenvalue weighted by atomic mass is 16.6. The van der Waals surface area contributed by atoms with Crippen LogP contribution >= 0.6 is 0 Å². The van der Waals surface area contributed by atoms with Crippen molar-refractivity contribution < 1.29 is 14.5 Å². The highest BCUT2D eigenvalue weighted by molar-refractivity contribution is 5.96. The summed E-state index contributed by atoms with van der Waals surface area (Å²) in [4.78, 5) is 40.3. The molecule has 3 rings (SSSR count). The van der Waals surface area contributed by atoms with Crippen LogP contribution in [0.1, 0.15) is 23.3 Å². The minimum Gasteiger partial charge on any atom is -0.353 e. The van der Waals surface area contributed by atoms with Crippen molar-refractivity contribution in [1.82, 2.24) is 14.8 Å². The van der Waals surface area contributed by atoms with Gasteiger partial charge in [0.15, 0.2) is 5.78 Å². The zero-order valence-electron chi connectivity index (χ0n) is 11.4. The van der Waals surface area contributed by atoms with Crippen LogP contribution in [0.3, 0.4) is 0 Å². The van der Waals surface area contributed by atoms with Gasteiger partial charge in [0.25, 0.3) is 5.69 Å². The summed E-state index contributed by atoms with van der Waals surface area (Å²) in [6, 6.07) is 1.47. The van der Waals surface area contributed by atoms with Gasteiger partial charge in [0, 0.05) is 38.2 Å². The topological polar surface area (TPSA) is 99.6 Å². The molecule has 112 valence electrons. The normalized spacial score (nSPS) is 22.4. The fourth-order valence-electron chi connectivity index (χ4n) is 3.01. The number of ketones is 1. The predicted molar refractivity (Wildman–Crippen MR) is 73.0 cm³/mol. The number of nitrogens with one attached hydrogen (secondary N) is 1. The number of hydrogen-bond donors (Lipinski definition) is 1. The number of aromatic amines is 1. The van der Waals surface area contributed by atoms with Crippen LogP contribution in [-0.2, 0) is 4.79 Å². The molecule has 2 aliphatic rings. The van der Waals surface area contributed by atoms with Crippen LogP contribution in [0.4, 0.5) is 5.69 Å². The van der Waals surface area contributed by atoms with Crippen LogP contribution in [0.5, 0.6) is 0 Å². The highest BCUT2D eigenvalue weighted by Gasteiger charge is 2.35. The van der Waals surface area contributed by atoms with Crippen LogP contribution < -0.4 is 0 Å². The zero-order valence-corrected chi connectivity index (χ0v) is 11.4. The van der Waals surface area contributed by atoms with E-state index < -0.39 is 4.92 Å². The predicted octanol–water partition coefficient (Wildman–Crippen LogP) is 0.412. The summed E-state index contributed by atoms with van der Waals surface area (Å²) in [5.41, 5.74) is 0.149. The first-order valence-electron chi connectivity index (χ1n) is 6.92. The maximum Gasteiger partial charge on any atom is 0.287 e. The molecule has 1 aromatic heterocycles. The maximum atomic E-state index is 12.1. The summed E-state index contributed by atoms with van der Waals surface area (Å²) in [5.74, 6) is 0.0341. The van der Waals surface area contributed by atoms with Gasteiger partial charge in [-0.15, -0.1) is 0 Å². The summed E-state index contributed by atoms with van der Waals surface area (Å²) in [6.07, 6.45) is 2.66. The molecule has 0 radical (unpaired) electrons. The first-order valence-corrected chi connectivity index (χ1v) is 6.92. The maximum absolute atomic E-state index is 12.1. The average molecular weight is 292 g/mol. The molecule has 2 aliphatic heterocycles. The molecular formula is C13H16N4O4. The number of rotatable bonds is 4. The van der Waals surface area contributed by atoms with Crippen LogP contribution in [0, 0.1) is 10.1 Å². The fourth-order valence-corrected chi connectivity index (χ4v) is 3.01. The summed E-state index contributed by atoms with van der Waals surface area (Å²) >= 11 is 0. The number of Topliss-reactive ketones (excluding diaryl/α,β-unsaturated/α-hetero) is 1. The standard InChI is InChI=1S/C13H16N4O4/c18-12(11-5-10(6-14-11)17(20)21)8-15-3-4-16-9(7-15)1-2-13(16)19/h5-6,9,14H,1-4,7-8H2. The Morgan fingerprint density at radius 1 is 1.48 bits per heavy atom. The molecule has 3 heterocycles. The van der Waals surface area contributed by atoms with E-state index in [0.717, 1.165) is 6.42 Å². The smallest absolute Gasteiger partial charge is 0.287 e. The summed E-state index contributed by atoms with van der Waals surface area (Å²) < 4.78 is 0. The van der Waals surface area contributed by atoms with Gasteiger partial charge < -0.3 is 9.88 Å². The Kier molecular flexibility index (Phi) is 3.46. The van der Waals surface area contributed by atoms with E-state index in [9.17, 15) is 19.7 Å². The lowest BCUT2D eigenvalue weighted by Gasteiger charge is -2.37. The molecule has 2 fully saturated rings. The van der Waals surface area contributed by atoms with Gasteiger partial charge in [-0.1, -0.05) is 0 Å². The minimum absolute atomic E-state index is 0.107. The van der Waals surface area contributed by atoms with Gasteiger partial charge in [-0.2, -0.15) is 0 Å². The number of aromatic nitrogens is 1. The second kappa shape index (κ2) is 5.28. The number of fused-ring (bicyclic) bond motifs is 1. The molecule has 2 saturated heterocycles. The van der Waals surface area contributed by atoms with E-state index in [1.165, 1.54) is 12.3 Å². The summed E-state index contributed by atoms with van der Waals surface area (Å²) in [6.45, 7) is 2.23. The van der Waals surface area contributed by atoms with Crippen molar-refractivity contribution in [2.24, 2.45) is 0 Å². The SMILES string of the molecule is O=C(CN1CCN2C(=O)CCC2C1)c1cc([N+](=O)[O-])c[nH]1. The third-order valence-electron chi connectivity index (χ3n) is 4.12. The molecule has 8 heteroatoms. The molecule has 0 aliphatic carbocycles. The van der Waals surface area contributed by atoms with E-state index in [0.29, 0.717) is 26.1 Å². The number of nitro groups is 1. The van der Waals surface area contributed by atoms with E-state index >= 15 is 0 Å². The van der Waals surface area contributed by atoms with Gasteiger partial charge in [-0.3, -0.25) is 24.6 Å². The van der Waals surface area contributed by atoms with E-state index in [-0.39, 0.29) is 35.7 Å². The van der Waals surface area contributed by atoms with E-state index in [2.05, 4.69) is 4.98 Å². The number of amides is 1. The molecule has 8 nitrogen and oxygen atoms in total. The largest absolute Gasteiger partial charge is 0.353 e. The molecule has 0 spiro atoms. The molecular weight excluding hydrogens is 276 g/mol. The Morgan fingerprint density at radius 3 is 3.00 bits per heavy atom. The second-order valence-electron chi connectivity index (χ2n) is 5.47. The summed E-state index contributed by atoms with van der Waals surface area (Å²) in [7, 11) is 0. The van der Waals surface area contributed by atoms with Gasteiger partial charge in [0.1, 0.15) is 0 Å². The molecule has 1 amide bonds. The number of hydrogen-bond acceptors (Lipinski definition) is 5. The minimum atomic E-state index is -0.532. The first-order chi connectivity index (χ1) is 10.0. The van der Waals surface area contributed by atoms with Crippen molar-refractivity contribution in [2.75, 3.05) is 26.2 Å². The second-order valence-corrected chi connectivity index (χ2v) is 5.47. The van der Waals surface area contributed by atoms with Crippen molar-refractivity contribution in [3.8, 4) is 0 Å². The Bertz CT molecular complexity index is 597. The summed E-state index contributed by atoms with van der Waals surface area (Å²) in [5, 5.41) is 10.6. The van der Waals surface area contributed by atoms with Crippen LogP contribution in [0.25, 0.3) is 0 Å². The lowest BCUT2D eigenvalue weighted by atomic mass is 10.1. The number of nitrogens with zero attached hydrogens (tertiary/aromatic N) is 3. The lowest BCUT2D eigenvalue weighted by Crippen LogP contribution is -2.52. The zero-order chi connectivity index (χ0) is 15.0. The monoisotopic (exact) mass is 292 g/mol. The molecule has 21 heavy (non-hydrogen) atoms. The number of H-pyrrole nitrogens is 1. The Balaban J connectivity index is 1.60. The molecule has 1 N–H and O–H groups in total. The van der Waals surface area contributed by atoms with E-state index in [1.54, 1.807) is 0 Å². The van der Waals surface area contributed by atoms with Gasteiger partial charge in [-0.05, 0) is 6.42 Å². The molecule has 1 unspecified atom stereocenters. The Labute approximate surface area is 120 Å². The lowest BCUT2D eigenvalue weighted by molar-refractivity contribution is -0.384. The van der Waals surface area contributed by atoms with Gasteiger partial charge in [-0.25, -0.2) is 0 Å². The van der Waals surface area contributed by atoms with Crippen molar-refractivity contribution in [3.63, 3.8) is 0 Å². The third-order valence-corrected chi connectivity index (χ3v) is 4.12. The van der Waals surface area contributed by atoms with Crippen LogP contribution in [0.15, 0.2) is 12.3 Å². The molecule has 0 aromatic carbocycles. The van der Waals surface area contributed by atoms with Crippen LogP contribution in [-0.4, -0.2) is 63.6 Å². The number of carbonyl (C=O) groups is 2. The molecule has 1 atom stereocenters. The number of carbonyl (C=O) groups excluding carboxylic acids is 2. The Hall–Kier alpha value is -2.22. The molecule has 0 bridgehead atoms. The van der Waals surface area contributed by atoms with Crippen molar-refractivity contribution in [3.05, 3.63) is 28.1 Å². The van der Waals surface area contributed by atoms with Gasteiger partial charge in [0.2, 0.25) is 5.91 Å². The third kappa shape index (κ3) is 2.66. The quantitative estimate of drug-likeness (QED) is 0.492. The number of piperazine rings is 1.